The minimum Gasteiger partial charge on any atom is -0.354 e. The molecule has 6 rings (SSSR count). The maximum absolute atomic E-state index is 14.1. The van der Waals surface area contributed by atoms with Gasteiger partial charge in [0.05, 0.1) is 0 Å². The first-order chi connectivity index (χ1) is 17.2. The molecule has 1 N–H and O–H groups in total. The summed E-state index contributed by atoms with van der Waals surface area (Å²) in [6, 6.07) is 20.7. The third-order valence-corrected chi connectivity index (χ3v) is 7.07. The highest BCUT2D eigenvalue weighted by atomic mass is 19.1. The first-order valence-electron chi connectivity index (χ1n) is 12.1. The zero-order chi connectivity index (χ0) is 23.8. The van der Waals surface area contributed by atoms with Crippen LogP contribution in [0.3, 0.4) is 0 Å². The third kappa shape index (κ3) is 4.07. The average Bonchev–Trinajstić information content (AvgIpc) is 3.49. The van der Waals surface area contributed by atoms with Gasteiger partial charge < -0.3 is 9.88 Å². The number of halogens is 1. The van der Waals surface area contributed by atoms with Crippen LogP contribution in [0.15, 0.2) is 72.9 Å². The van der Waals surface area contributed by atoms with Crippen molar-refractivity contribution in [3.63, 3.8) is 0 Å². The molecule has 6 nitrogen and oxygen atoms in total. The number of aryl methyl sites for hydroxylation is 1. The lowest BCUT2D eigenvalue weighted by Gasteiger charge is -2.31. The van der Waals surface area contributed by atoms with E-state index in [1.165, 1.54) is 6.07 Å². The molecular weight excluding hydrogens is 441 g/mol. The molecule has 1 saturated heterocycles. The topological polar surface area (TPSA) is 66.3 Å². The van der Waals surface area contributed by atoms with E-state index in [2.05, 4.69) is 15.2 Å². The number of pyridine rings is 1. The van der Waals surface area contributed by atoms with Crippen molar-refractivity contribution in [2.24, 2.45) is 0 Å². The fourth-order valence-corrected chi connectivity index (χ4v) is 5.25. The van der Waals surface area contributed by atoms with Crippen LogP contribution in [0.1, 0.15) is 36.6 Å². The number of H-pyrrole nitrogens is 1. The Hall–Kier alpha value is -4.00. The summed E-state index contributed by atoms with van der Waals surface area (Å²) in [5, 5.41) is 9.52. The number of aromatic amines is 1. The highest BCUT2D eigenvalue weighted by Gasteiger charge is 2.27. The molecule has 2 aromatic carbocycles. The number of rotatable bonds is 5. The quantitative estimate of drug-likeness (QED) is 0.379. The van der Waals surface area contributed by atoms with Crippen molar-refractivity contribution < 1.29 is 9.18 Å². The lowest BCUT2D eigenvalue weighted by Crippen LogP contribution is -2.38. The van der Waals surface area contributed by atoms with Gasteiger partial charge in [-0.1, -0.05) is 36.4 Å². The summed E-state index contributed by atoms with van der Waals surface area (Å²) >= 11 is 0. The lowest BCUT2D eigenvalue weighted by atomic mass is 9.95. The average molecular weight is 468 g/mol. The van der Waals surface area contributed by atoms with Gasteiger partial charge in [0, 0.05) is 48.2 Å². The summed E-state index contributed by atoms with van der Waals surface area (Å²) < 4.78 is 16.1. The molecule has 1 amide bonds. The third-order valence-electron chi connectivity index (χ3n) is 7.07. The first-order valence-corrected chi connectivity index (χ1v) is 12.1. The molecular formula is C28H26FN5O. The van der Waals surface area contributed by atoms with E-state index in [1.807, 2.05) is 64.0 Å². The summed E-state index contributed by atoms with van der Waals surface area (Å²) in [6.45, 7) is 1.42. The van der Waals surface area contributed by atoms with Gasteiger partial charge in [-0.15, -0.1) is 10.2 Å². The molecule has 0 spiro atoms. The number of fused-ring (bicyclic) bond motifs is 2. The summed E-state index contributed by atoms with van der Waals surface area (Å²) in [7, 11) is 0. The van der Waals surface area contributed by atoms with E-state index in [4.69, 9.17) is 0 Å². The van der Waals surface area contributed by atoms with Crippen LogP contribution in [0, 0.1) is 5.82 Å². The largest absolute Gasteiger partial charge is 0.354 e. The van der Waals surface area contributed by atoms with Gasteiger partial charge in [-0.2, -0.15) is 0 Å². The molecule has 0 unspecified atom stereocenters. The van der Waals surface area contributed by atoms with Crippen LogP contribution in [0.4, 0.5) is 4.39 Å². The summed E-state index contributed by atoms with van der Waals surface area (Å²) in [4.78, 5) is 18.6. The Kier molecular flexibility index (Phi) is 5.52. The molecule has 0 saturated carbocycles. The highest BCUT2D eigenvalue weighted by Crippen LogP contribution is 2.32. The molecule has 35 heavy (non-hydrogen) atoms. The van der Waals surface area contributed by atoms with Gasteiger partial charge in [-0.25, -0.2) is 4.39 Å². The van der Waals surface area contributed by atoms with Gasteiger partial charge >= 0.3 is 0 Å². The second-order valence-corrected chi connectivity index (χ2v) is 9.18. The standard InChI is InChI=1S/C28H26FN5O/c29-21-9-11-24-23(18-21)22(27(30-24)19-6-2-1-3-7-19)10-12-26(35)33-16-13-20(14-17-33)28-32-31-25-8-4-5-15-34(25)28/h1-9,11,15,18,20,30H,10,12-14,16-17H2. The van der Waals surface area contributed by atoms with Gasteiger partial charge in [0.25, 0.3) is 0 Å². The van der Waals surface area contributed by atoms with Gasteiger partial charge in [0.2, 0.25) is 5.91 Å². The van der Waals surface area contributed by atoms with E-state index in [0.29, 0.717) is 25.9 Å². The minimum atomic E-state index is -0.272. The Morgan fingerprint density at radius 2 is 1.80 bits per heavy atom. The van der Waals surface area contributed by atoms with E-state index in [0.717, 1.165) is 52.0 Å². The molecule has 1 aliphatic rings. The van der Waals surface area contributed by atoms with Crippen molar-refractivity contribution in [1.82, 2.24) is 24.5 Å². The van der Waals surface area contributed by atoms with E-state index in [1.54, 1.807) is 12.1 Å². The van der Waals surface area contributed by atoms with E-state index in [9.17, 15) is 9.18 Å². The molecule has 0 radical (unpaired) electrons. The maximum atomic E-state index is 14.1. The Morgan fingerprint density at radius 1 is 1.00 bits per heavy atom. The zero-order valence-electron chi connectivity index (χ0n) is 19.3. The fraction of sp³-hybridized carbons (Fsp3) is 0.250. The number of nitrogens with zero attached hydrogens (tertiary/aromatic N) is 4. The molecule has 0 bridgehead atoms. The Bertz CT molecular complexity index is 1500. The molecule has 0 atom stereocenters. The number of likely N-dealkylation sites (tertiary alicyclic amines) is 1. The highest BCUT2D eigenvalue weighted by molar-refractivity contribution is 5.91. The SMILES string of the molecule is O=C(CCc1c(-c2ccccc2)[nH]c2ccc(F)cc12)N1CCC(c2nnc3ccccn23)CC1. The number of aromatic nitrogens is 4. The van der Waals surface area contributed by atoms with E-state index >= 15 is 0 Å². The smallest absolute Gasteiger partial charge is 0.222 e. The van der Waals surface area contributed by atoms with Crippen molar-refractivity contribution in [2.75, 3.05) is 13.1 Å². The molecule has 7 heteroatoms. The molecule has 176 valence electrons. The van der Waals surface area contributed by atoms with Gasteiger partial charge in [-0.05, 0) is 60.7 Å². The van der Waals surface area contributed by atoms with E-state index < -0.39 is 0 Å². The number of hydrogen-bond acceptors (Lipinski definition) is 3. The molecule has 1 aliphatic heterocycles. The second kappa shape index (κ2) is 8.98. The Labute approximate surface area is 202 Å². The molecule has 3 aromatic heterocycles. The van der Waals surface area contributed by atoms with Crippen LogP contribution in [0.2, 0.25) is 0 Å². The number of nitrogens with one attached hydrogen (secondary N) is 1. The second-order valence-electron chi connectivity index (χ2n) is 9.18. The van der Waals surface area contributed by atoms with Crippen molar-refractivity contribution in [2.45, 2.75) is 31.6 Å². The van der Waals surface area contributed by atoms with Gasteiger partial charge in [-0.3, -0.25) is 9.20 Å². The van der Waals surface area contributed by atoms with Gasteiger partial charge in [0.1, 0.15) is 11.6 Å². The number of piperidine rings is 1. The van der Waals surface area contributed by atoms with Crippen LogP contribution in [0.25, 0.3) is 27.8 Å². The summed E-state index contributed by atoms with van der Waals surface area (Å²) in [5.74, 6) is 1.13. The maximum Gasteiger partial charge on any atom is 0.222 e. The summed E-state index contributed by atoms with van der Waals surface area (Å²) in [6.07, 6.45) is 4.68. The monoisotopic (exact) mass is 467 g/mol. The van der Waals surface area contributed by atoms with Crippen molar-refractivity contribution in [1.29, 1.82) is 0 Å². The molecule has 5 aromatic rings. The first kappa shape index (κ1) is 21.5. The van der Waals surface area contributed by atoms with Gasteiger partial charge in [0.15, 0.2) is 5.65 Å². The predicted molar refractivity (Wildman–Crippen MR) is 134 cm³/mol. The number of carbonyl (C=O) groups is 1. The number of carbonyl (C=O) groups excluding carboxylic acids is 1. The zero-order valence-corrected chi connectivity index (χ0v) is 19.3. The van der Waals surface area contributed by atoms with Crippen molar-refractivity contribution in [3.05, 3.63) is 90.1 Å². The molecule has 1 fully saturated rings. The van der Waals surface area contributed by atoms with Crippen molar-refractivity contribution in [3.8, 4) is 11.3 Å². The van der Waals surface area contributed by atoms with E-state index in [-0.39, 0.29) is 17.6 Å². The minimum absolute atomic E-state index is 0.138. The number of hydrogen-bond donors (Lipinski definition) is 1. The lowest BCUT2D eigenvalue weighted by molar-refractivity contribution is -0.132. The fourth-order valence-electron chi connectivity index (χ4n) is 5.25. The Morgan fingerprint density at radius 3 is 2.63 bits per heavy atom. The normalized spacial score (nSPS) is 14.7. The summed E-state index contributed by atoms with van der Waals surface area (Å²) in [5.41, 5.74) is 4.72. The van der Waals surface area contributed by atoms with Crippen LogP contribution in [-0.2, 0) is 11.2 Å². The van der Waals surface area contributed by atoms with Crippen LogP contribution in [0.5, 0.6) is 0 Å². The van der Waals surface area contributed by atoms with Crippen LogP contribution in [-0.4, -0.2) is 43.5 Å². The number of amides is 1. The Balaban J connectivity index is 1.17. The number of benzene rings is 2. The van der Waals surface area contributed by atoms with Crippen molar-refractivity contribution >= 4 is 22.5 Å². The molecule has 4 heterocycles. The van der Waals surface area contributed by atoms with Crippen LogP contribution >= 0.6 is 0 Å². The molecule has 0 aliphatic carbocycles. The predicted octanol–water partition coefficient (Wildman–Crippen LogP) is 5.36. The van der Waals surface area contributed by atoms with Crippen LogP contribution < -0.4 is 0 Å².